The number of nitrogens with zero attached hydrogens (tertiary/aromatic N) is 1. The summed E-state index contributed by atoms with van der Waals surface area (Å²) >= 11 is 0. The van der Waals surface area contributed by atoms with Crippen molar-refractivity contribution in [3.63, 3.8) is 0 Å². The minimum atomic E-state index is -3.71. The molecule has 10 heteroatoms. The van der Waals surface area contributed by atoms with Crippen LogP contribution in [0.25, 0.3) is 0 Å². The quantitative estimate of drug-likeness (QED) is 0.686. The van der Waals surface area contributed by atoms with E-state index in [2.05, 4.69) is 10.0 Å². The third kappa shape index (κ3) is 4.96. The molecule has 2 heterocycles. The van der Waals surface area contributed by atoms with Gasteiger partial charge in [-0.3, -0.25) is 0 Å². The SMILES string of the molecule is Cl.O=S(=O)(NCCC1CCNC1)c1cccc(S(=O)(=O)N2CCCC2)c1. The Balaban J connectivity index is 0.00000243. The van der Waals surface area contributed by atoms with Gasteiger partial charge in [-0.15, -0.1) is 12.4 Å². The highest BCUT2D eigenvalue weighted by Gasteiger charge is 2.28. The van der Waals surface area contributed by atoms with Crippen molar-refractivity contribution in [2.45, 2.75) is 35.5 Å². The Hall–Kier alpha value is -0.710. The summed E-state index contributed by atoms with van der Waals surface area (Å²) in [5.74, 6) is 0.490. The minimum Gasteiger partial charge on any atom is -0.316 e. The molecule has 7 nitrogen and oxygen atoms in total. The average molecular weight is 424 g/mol. The third-order valence-electron chi connectivity index (χ3n) is 4.83. The van der Waals surface area contributed by atoms with Crippen LogP contribution in [0.4, 0.5) is 0 Å². The van der Waals surface area contributed by atoms with Crippen LogP contribution in [-0.4, -0.2) is 53.9 Å². The molecule has 2 N–H and O–H groups in total. The third-order valence-corrected chi connectivity index (χ3v) is 8.18. The van der Waals surface area contributed by atoms with Gasteiger partial charge in [-0.25, -0.2) is 21.6 Å². The van der Waals surface area contributed by atoms with E-state index in [1.165, 1.54) is 28.6 Å². The molecule has 3 rings (SSSR count). The monoisotopic (exact) mass is 423 g/mol. The summed E-state index contributed by atoms with van der Waals surface area (Å²) in [6.45, 7) is 3.25. The zero-order valence-corrected chi connectivity index (χ0v) is 17.0. The van der Waals surface area contributed by atoms with Crippen molar-refractivity contribution in [1.29, 1.82) is 0 Å². The predicted octanol–water partition coefficient (Wildman–Crippen LogP) is 1.17. The van der Waals surface area contributed by atoms with Gasteiger partial charge in [-0.2, -0.15) is 4.31 Å². The summed E-state index contributed by atoms with van der Waals surface area (Å²) in [5.41, 5.74) is 0. The molecule has 2 saturated heterocycles. The van der Waals surface area contributed by atoms with Gasteiger partial charge in [0.25, 0.3) is 0 Å². The van der Waals surface area contributed by atoms with Crippen LogP contribution in [0.15, 0.2) is 34.1 Å². The van der Waals surface area contributed by atoms with Gasteiger partial charge in [0.05, 0.1) is 9.79 Å². The van der Waals surface area contributed by atoms with Gasteiger partial charge in [0.1, 0.15) is 0 Å². The molecule has 0 spiro atoms. The van der Waals surface area contributed by atoms with Crippen molar-refractivity contribution in [1.82, 2.24) is 14.3 Å². The number of rotatable bonds is 7. The fraction of sp³-hybridized carbons (Fsp3) is 0.625. The molecule has 2 aliphatic heterocycles. The fourth-order valence-electron chi connectivity index (χ4n) is 3.32. The molecular formula is C16H26ClN3O4S2. The molecule has 2 aliphatic rings. The van der Waals surface area contributed by atoms with Crippen LogP contribution in [0, 0.1) is 5.92 Å². The lowest BCUT2D eigenvalue weighted by Gasteiger charge is -2.16. The second-order valence-corrected chi connectivity index (χ2v) is 10.3. The highest BCUT2D eigenvalue weighted by atomic mass is 35.5. The van der Waals surface area contributed by atoms with Gasteiger partial charge >= 0.3 is 0 Å². The standard InChI is InChI=1S/C16H25N3O4S2.ClH/c20-24(21,18-9-7-14-6-8-17-13-14)15-4-3-5-16(12-15)25(22,23)19-10-1-2-11-19;/h3-5,12,14,17-18H,1-2,6-11,13H2;1H. The molecule has 0 saturated carbocycles. The lowest BCUT2D eigenvalue weighted by atomic mass is 10.1. The van der Waals surface area contributed by atoms with Crippen molar-refractivity contribution in [2.24, 2.45) is 5.92 Å². The van der Waals surface area contributed by atoms with E-state index in [1.807, 2.05) is 0 Å². The first-order valence-electron chi connectivity index (χ1n) is 8.70. The molecule has 1 atom stereocenters. The summed E-state index contributed by atoms with van der Waals surface area (Å²) in [4.78, 5) is 0.0367. The number of hydrogen-bond acceptors (Lipinski definition) is 5. The van der Waals surface area contributed by atoms with Crippen molar-refractivity contribution in [2.75, 3.05) is 32.7 Å². The van der Waals surface area contributed by atoms with E-state index in [4.69, 9.17) is 0 Å². The maximum absolute atomic E-state index is 12.6. The molecule has 1 aromatic rings. The first kappa shape index (κ1) is 21.6. The first-order chi connectivity index (χ1) is 11.9. The van der Waals surface area contributed by atoms with E-state index < -0.39 is 20.0 Å². The molecule has 0 radical (unpaired) electrons. The molecule has 1 unspecified atom stereocenters. The van der Waals surface area contributed by atoms with Gasteiger partial charge in [-0.05, 0) is 62.9 Å². The van der Waals surface area contributed by atoms with Crippen LogP contribution in [0.3, 0.4) is 0 Å². The van der Waals surface area contributed by atoms with Crippen molar-refractivity contribution in [3.05, 3.63) is 24.3 Å². The van der Waals surface area contributed by atoms with Crippen LogP contribution >= 0.6 is 12.4 Å². The molecule has 0 bridgehead atoms. The van der Waals surface area contributed by atoms with Crippen molar-refractivity contribution in [3.8, 4) is 0 Å². The van der Waals surface area contributed by atoms with Crippen LogP contribution in [-0.2, 0) is 20.0 Å². The van der Waals surface area contributed by atoms with Crippen LogP contribution < -0.4 is 10.0 Å². The van der Waals surface area contributed by atoms with Crippen LogP contribution in [0.1, 0.15) is 25.7 Å². The second kappa shape index (κ2) is 8.99. The van der Waals surface area contributed by atoms with E-state index in [9.17, 15) is 16.8 Å². The smallest absolute Gasteiger partial charge is 0.243 e. The molecule has 0 aliphatic carbocycles. The van der Waals surface area contributed by atoms with Crippen LogP contribution in [0.5, 0.6) is 0 Å². The highest BCUT2D eigenvalue weighted by Crippen LogP contribution is 2.23. The number of nitrogens with one attached hydrogen (secondary N) is 2. The molecule has 0 aromatic heterocycles. The molecule has 2 fully saturated rings. The largest absolute Gasteiger partial charge is 0.316 e. The first-order valence-corrected chi connectivity index (χ1v) is 11.6. The lowest BCUT2D eigenvalue weighted by Crippen LogP contribution is -2.29. The van der Waals surface area contributed by atoms with E-state index in [1.54, 1.807) is 0 Å². The Morgan fingerprint density at radius 3 is 2.46 bits per heavy atom. The summed E-state index contributed by atoms with van der Waals surface area (Å²) in [5, 5.41) is 3.25. The topological polar surface area (TPSA) is 95.6 Å². The van der Waals surface area contributed by atoms with E-state index in [-0.39, 0.29) is 22.2 Å². The number of benzene rings is 1. The second-order valence-electron chi connectivity index (χ2n) is 6.63. The normalized spacial score (nSPS) is 21.6. The Kier molecular flexibility index (Phi) is 7.46. The minimum absolute atomic E-state index is 0. The zero-order valence-electron chi connectivity index (χ0n) is 14.6. The van der Waals surface area contributed by atoms with Crippen molar-refractivity contribution < 1.29 is 16.8 Å². The molecule has 148 valence electrons. The average Bonchev–Trinajstić information content (AvgIpc) is 3.29. The zero-order chi connectivity index (χ0) is 17.9. The Morgan fingerprint density at radius 1 is 1.12 bits per heavy atom. The number of sulfonamides is 2. The maximum Gasteiger partial charge on any atom is 0.243 e. The highest BCUT2D eigenvalue weighted by molar-refractivity contribution is 7.90. The summed E-state index contributed by atoms with van der Waals surface area (Å²) < 4.78 is 54.2. The Labute approximate surface area is 162 Å². The van der Waals surface area contributed by atoms with Gasteiger partial charge in [0, 0.05) is 19.6 Å². The summed E-state index contributed by atoms with van der Waals surface area (Å²) in [6.07, 6.45) is 3.52. The molecule has 0 amide bonds. The predicted molar refractivity (Wildman–Crippen MR) is 102 cm³/mol. The van der Waals surface area contributed by atoms with Crippen LogP contribution in [0.2, 0.25) is 0 Å². The van der Waals surface area contributed by atoms with Gasteiger partial charge in [-0.1, -0.05) is 6.07 Å². The number of halogens is 1. The Bertz CT molecular complexity index is 803. The van der Waals surface area contributed by atoms with Gasteiger partial charge in [0.2, 0.25) is 20.0 Å². The lowest BCUT2D eigenvalue weighted by molar-refractivity contribution is 0.477. The van der Waals surface area contributed by atoms with E-state index in [0.29, 0.717) is 25.6 Å². The number of hydrogen-bond donors (Lipinski definition) is 2. The molecule has 26 heavy (non-hydrogen) atoms. The molecular weight excluding hydrogens is 398 g/mol. The Morgan fingerprint density at radius 2 is 1.81 bits per heavy atom. The molecule has 1 aromatic carbocycles. The van der Waals surface area contributed by atoms with Gasteiger partial charge in [0.15, 0.2) is 0 Å². The maximum atomic E-state index is 12.6. The van der Waals surface area contributed by atoms with Crippen molar-refractivity contribution >= 4 is 32.5 Å². The fourth-order valence-corrected chi connectivity index (χ4v) is 6.05. The van der Waals surface area contributed by atoms with E-state index in [0.717, 1.165) is 38.8 Å². The summed E-state index contributed by atoms with van der Waals surface area (Å²) in [6, 6.07) is 5.63. The van der Waals surface area contributed by atoms with Gasteiger partial charge < -0.3 is 5.32 Å². The summed E-state index contributed by atoms with van der Waals surface area (Å²) in [7, 11) is -7.33. The van der Waals surface area contributed by atoms with E-state index >= 15 is 0 Å².